The molecule has 7 nitrogen and oxygen atoms in total. The van der Waals surface area contributed by atoms with Crippen LogP contribution in [0.1, 0.15) is 44.3 Å². The van der Waals surface area contributed by atoms with Gasteiger partial charge in [-0.1, -0.05) is 12.8 Å². The van der Waals surface area contributed by atoms with Crippen molar-refractivity contribution in [3.05, 3.63) is 12.2 Å². The number of ether oxygens (including phenoxy) is 1. The molecule has 3 heterocycles. The van der Waals surface area contributed by atoms with Gasteiger partial charge in [0, 0.05) is 26.7 Å². The van der Waals surface area contributed by atoms with Crippen molar-refractivity contribution in [2.24, 2.45) is 13.0 Å². The Kier molecular flexibility index (Phi) is 6.42. The number of methoxy groups -OCH3 is 1. The molecule has 1 amide bonds. The lowest BCUT2D eigenvalue weighted by Gasteiger charge is -2.40. The number of rotatable bonds is 5. The predicted octanol–water partition coefficient (Wildman–Crippen LogP) is 1.44. The van der Waals surface area contributed by atoms with Crippen molar-refractivity contribution in [3.8, 4) is 0 Å². The summed E-state index contributed by atoms with van der Waals surface area (Å²) in [6.45, 7) is 4.11. The Hall–Kier alpha value is -1.47. The fourth-order valence-corrected chi connectivity index (χ4v) is 4.30. The van der Waals surface area contributed by atoms with Crippen LogP contribution in [-0.2, 0) is 23.1 Å². The quantitative estimate of drug-likeness (QED) is 0.805. The molecule has 2 saturated heterocycles. The molecule has 0 radical (unpaired) electrons. The second kappa shape index (κ2) is 8.76. The molecule has 0 bridgehead atoms. The van der Waals surface area contributed by atoms with Gasteiger partial charge >= 0.3 is 0 Å². The molecule has 1 aromatic rings. The molecule has 2 fully saturated rings. The summed E-state index contributed by atoms with van der Waals surface area (Å²) in [4.78, 5) is 21.4. The molecule has 1 unspecified atom stereocenters. The lowest BCUT2D eigenvalue weighted by atomic mass is 9.86. The van der Waals surface area contributed by atoms with Crippen LogP contribution in [0.5, 0.6) is 0 Å². The molecular weight excluding hydrogens is 318 g/mol. The average Bonchev–Trinajstić information content (AvgIpc) is 2.87. The van der Waals surface area contributed by atoms with Crippen molar-refractivity contribution in [3.63, 3.8) is 0 Å². The minimum atomic E-state index is 0.163. The van der Waals surface area contributed by atoms with E-state index >= 15 is 0 Å². The van der Waals surface area contributed by atoms with Crippen LogP contribution in [0.15, 0.2) is 6.33 Å². The Morgan fingerprint density at radius 2 is 2.00 bits per heavy atom. The van der Waals surface area contributed by atoms with E-state index in [1.807, 2.05) is 11.7 Å². The lowest BCUT2D eigenvalue weighted by Crippen LogP contribution is -2.48. The fourth-order valence-electron chi connectivity index (χ4n) is 4.30. The van der Waals surface area contributed by atoms with Crippen LogP contribution in [-0.4, -0.2) is 69.9 Å². The molecule has 0 spiro atoms. The molecule has 0 N–H and O–H groups in total. The number of nitrogens with zero attached hydrogens (tertiary/aromatic N) is 5. The maximum atomic E-state index is 12.5. The topological polar surface area (TPSA) is 63.5 Å². The van der Waals surface area contributed by atoms with E-state index in [-0.39, 0.29) is 12.5 Å². The van der Waals surface area contributed by atoms with Crippen molar-refractivity contribution in [1.82, 2.24) is 24.6 Å². The highest BCUT2D eigenvalue weighted by Crippen LogP contribution is 2.30. The molecule has 0 saturated carbocycles. The smallest absolute Gasteiger partial charge is 0.248 e. The maximum Gasteiger partial charge on any atom is 0.248 e. The Labute approximate surface area is 150 Å². The first-order valence-corrected chi connectivity index (χ1v) is 9.52. The third-order valence-electron chi connectivity index (χ3n) is 5.73. The Morgan fingerprint density at radius 3 is 2.68 bits per heavy atom. The third kappa shape index (κ3) is 4.58. The summed E-state index contributed by atoms with van der Waals surface area (Å²) in [6.07, 6.45) is 8.66. The van der Waals surface area contributed by atoms with Crippen LogP contribution in [0.4, 0.5) is 0 Å². The van der Waals surface area contributed by atoms with Crippen molar-refractivity contribution in [2.45, 2.75) is 51.1 Å². The summed E-state index contributed by atoms with van der Waals surface area (Å²) in [6, 6.07) is 0.391. The molecule has 25 heavy (non-hydrogen) atoms. The summed E-state index contributed by atoms with van der Waals surface area (Å²) in [5.41, 5.74) is 0. The van der Waals surface area contributed by atoms with Crippen molar-refractivity contribution < 1.29 is 9.53 Å². The minimum absolute atomic E-state index is 0.163. The molecule has 0 aromatic carbocycles. The van der Waals surface area contributed by atoms with Crippen LogP contribution in [0.2, 0.25) is 0 Å². The van der Waals surface area contributed by atoms with Crippen molar-refractivity contribution in [1.29, 1.82) is 0 Å². The van der Waals surface area contributed by atoms with E-state index in [1.54, 1.807) is 13.4 Å². The van der Waals surface area contributed by atoms with Crippen molar-refractivity contribution in [2.75, 3.05) is 33.4 Å². The summed E-state index contributed by atoms with van der Waals surface area (Å²) in [7, 11) is 3.55. The number of carbonyl (C=O) groups excluding carboxylic acids is 1. The average molecular weight is 349 g/mol. The summed E-state index contributed by atoms with van der Waals surface area (Å²) >= 11 is 0. The highest BCUT2D eigenvalue weighted by atomic mass is 16.5. The molecule has 7 heteroatoms. The molecular formula is C18H31N5O2. The standard InChI is InChI=1S/C18H31N5O2/c1-21-17(19-14-20-21)12-22-10-7-15(8-11-22)16-6-4-3-5-9-23(16)18(24)13-25-2/h14-16H,3-13H2,1-2H3. The normalized spacial score (nSPS) is 23.6. The first-order valence-electron chi connectivity index (χ1n) is 9.52. The van der Waals surface area contributed by atoms with Gasteiger partial charge in [0.2, 0.25) is 5.91 Å². The second-order valence-corrected chi connectivity index (χ2v) is 7.35. The Morgan fingerprint density at radius 1 is 1.20 bits per heavy atom. The van der Waals surface area contributed by atoms with Crippen LogP contribution in [0.25, 0.3) is 0 Å². The van der Waals surface area contributed by atoms with Crippen LogP contribution in [0.3, 0.4) is 0 Å². The van der Waals surface area contributed by atoms with E-state index in [0.29, 0.717) is 12.0 Å². The van der Waals surface area contributed by atoms with Gasteiger partial charge in [-0.15, -0.1) is 0 Å². The number of likely N-dealkylation sites (tertiary alicyclic amines) is 2. The Bertz CT molecular complexity index is 553. The maximum absolute atomic E-state index is 12.5. The van der Waals surface area contributed by atoms with Gasteiger partial charge in [-0.25, -0.2) is 4.98 Å². The van der Waals surface area contributed by atoms with Gasteiger partial charge in [0.05, 0.1) is 6.54 Å². The molecule has 0 aliphatic carbocycles. The number of carbonyl (C=O) groups is 1. The van der Waals surface area contributed by atoms with E-state index in [1.165, 1.54) is 12.8 Å². The number of piperidine rings is 1. The van der Waals surface area contributed by atoms with Crippen LogP contribution < -0.4 is 0 Å². The predicted molar refractivity (Wildman–Crippen MR) is 94.8 cm³/mol. The zero-order valence-electron chi connectivity index (χ0n) is 15.6. The van der Waals surface area contributed by atoms with E-state index < -0.39 is 0 Å². The molecule has 140 valence electrons. The number of aromatic nitrogens is 3. The van der Waals surface area contributed by atoms with E-state index in [9.17, 15) is 4.79 Å². The van der Waals surface area contributed by atoms with Gasteiger partial charge < -0.3 is 9.64 Å². The van der Waals surface area contributed by atoms with Gasteiger partial charge in [0.25, 0.3) is 0 Å². The molecule has 2 aliphatic heterocycles. The van der Waals surface area contributed by atoms with Gasteiger partial charge in [-0.05, 0) is 44.7 Å². The number of amides is 1. The van der Waals surface area contributed by atoms with Crippen LogP contribution in [0, 0.1) is 5.92 Å². The first-order chi connectivity index (χ1) is 12.2. The zero-order chi connectivity index (χ0) is 17.6. The molecule has 1 aromatic heterocycles. The highest BCUT2D eigenvalue weighted by Gasteiger charge is 2.33. The summed E-state index contributed by atoms with van der Waals surface area (Å²) in [5, 5.41) is 4.15. The summed E-state index contributed by atoms with van der Waals surface area (Å²) in [5.74, 6) is 1.79. The van der Waals surface area contributed by atoms with E-state index in [4.69, 9.17) is 4.74 Å². The lowest BCUT2D eigenvalue weighted by molar-refractivity contribution is -0.139. The van der Waals surface area contributed by atoms with E-state index in [0.717, 1.165) is 57.7 Å². The highest BCUT2D eigenvalue weighted by molar-refractivity contribution is 5.77. The second-order valence-electron chi connectivity index (χ2n) is 7.35. The van der Waals surface area contributed by atoms with Gasteiger partial charge in [0.15, 0.2) is 0 Å². The number of hydrogen-bond acceptors (Lipinski definition) is 5. The number of hydrogen-bond donors (Lipinski definition) is 0. The van der Waals surface area contributed by atoms with Gasteiger partial charge in [-0.3, -0.25) is 14.4 Å². The van der Waals surface area contributed by atoms with Crippen molar-refractivity contribution >= 4 is 5.91 Å². The van der Waals surface area contributed by atoms with Crippen LogP contribution >= 0.6 is 0 Å². The molecule has 1 atom stereocenters. The minimum Gasteiger partial charge on any atom is -0.375 e. The first kappa shape index (κ1) is 18.3. The fraction of sp³-hybridized carbons (Fsp3) is 0.833. The molecule has 3 rings (SSSR count). The van der Waals surface area contributed by atoms with Gasteiger partial charge in [0.1, 0.15) is 18.8 Å². The zero-order valence-corrected chi connectivity index (χ0v) is 15.6. The monoisotopic (exact) mass is 349 g/mol. The SMILES string of the molecule is COCC(=O)N1CCCCCC1C1CCN(Cc2ncnn2C)CC1. The van der Waals surface area contributed by atoms with E-state index in [2.05, 4.69) is 19.9 Å². The summed E-state index contributed by atoms with van der Waals surface area (Å²) < 4.78 is 6.96. The van der Waals surface area contributed by atoms with Gasteiger partial charge in [-0.2, -0.15) is 5.10 Å². The largest absolute Gasteiger partial charge is 0.375 e. The third-order valence-corrected chi connectivity index (χ3v) is 5.73. The number of aryl methyl sites for hydroxylation is 1. The Balaban J connectivity index is 1.57. The molecule has 2 aliphatic rings.